The molecule has 3 rings (SSSR count). The van der Waals surface area contributed by atoms with Crippen molar-refractivity contribution in [3.05, 3.63) is 58.1 Å². The maximum Gasteiger partial charge on any atom is 0.133 e. The molecule has 2 N–H and O–H groups in total. The van der Waals surface area contributed by atoms with Crippen LogP contribution in [0.4, 0.5) is 0 Å². The van der Waals surface area contributed by atoms with E-state index in [2.05, 4.69) is 46.8 Å². The van der Waals surface area contributed by atoms with Gasteiger partial charge in [-0.15, -0.1) is 11.6 Å². The van der Waals surface area contributed by atoms with Gasteiger partial charge in [-0.3, -0.25) is 4.90 Å². The number of β-amino-alcohol motifs (C(OH)–C–C–N with tert-alkyl or cyclic N) is 1. The summed E-state index contributed by atoms with van der Waals surface area (Å²) in [6.07, 6.45) is -1.24. The first-order chi connectivity index (χ1) is 15.8. The lowest BCUT2D eigenvalue weighted by molar-refractivity contribution is 0.00465. The van der Waals surface area contributed by atoms with E-state index in [1.165, 1.54) is 0 Å². The van der Waals surface area contributed by atoms with E-state index < -0.39 is 12.2 Å². The normalized spacial score (nSPS) is 16.9. The van der Waals surface area contributed by atoms with Crippen molar-refractivity contribution in [3.63, 3.8) is 0 Å². The Labute approximate surface area is 209 Å². The van der Waals surface area contributed by atoms with Gasteiger partial charge in [0.15, 0.2) is 0 Å². The standard InChI is InChI=1S/C25H33BrClNO5/c1-25(2,19-5-8-24(23(26)13-19)33-16-20(29)14-27)18-3-6-22(7-4-18)32-17-21(30)15-28-9-11-31-12-10-28/h3-8,13,20-21,29-30H,9-12,14-17H2,1-2H3/t20-,21+/m1/s1. The average molecular weight is 543 g/mol. The third-order valence-electron chi connectivity index (χ3n) is 5.85. The molecule has 1 heterocycles. The number of nitrogens with zero attached hydrogens (tertiary/aromatic N) is 1. The summed E-state index contributed by atoms with van der Waals surface area (Å²) < 4.78 is 17.6. The van der Waals surface area contributed by atoms with Crippen LogP contribution in [-0.2, 0) is 10.2 Å². The minimum atomic E-state index is -0.698. The fraction of sp³-hybridized carbons (Fsp3) is 0.520. The zero-order chi connectivity index (χ0) is 23.8. The Balaban J connectivity index is 1.57. The van der Waals surface area contributed by atoms with Crippen molar-refractivity contribution in [2.75, 3.05) is 51.9 Å². The molecule has 0 saturated carbocycles. The molecule has 0 unspecified atom stereocenters. The number of morpholine rings is 1. The summed E-state index contributed by atoms with van der Waals surface area (Å²) in [5, 5.41) is 19.9. The van der Waals surface area contributed by atoms with Crippen LogP contribution in [-0.4, -0.2) is 79.3 Å². The van der Waals surface area contributed by atoms with Crippen molar-refractivity contribution in [3.8, 4) is 11.5 Å². The minimum Gasteiger partial charge on any atom is -0.491 e. The highest BCUT2D eigenvalue weighted by Gasteiger charge is 2.24. The molecule has 2 atom stereocenters. The van der Waals surface area contributed by atoms with Gasteiger partial charge < -0.3 is 24.4 Å². The molecule has 1 saturated heterocycles. The fourth-order valence-corrected chi connectivity index (χ4v) is 4.28. The highest BCUT2D eigenvalue weighted by Crippen LogP contribution is 2.36. The van der Waals surface area contributed by atoms with Gasteiger partial charge in [0, 0.05) is 25.0 Å². The molecule has 1 fully saturated rings. The number of ether oxygens (including phenoxy) is 3. The number of benzene rings is 2. The molecule has 2 aromatic rings. The summed E-state index contributed by atoms with van der Waals surface area (Å²) in [5.74, 6) is 1.53. The van der Waals surface area contributed by atoms with E-state index in [-0.39, 0.29) is 24.5 Å². The van der Waals surface area contributed by atoms with Crippen molar-refractivity contribution in [2.24, 2.45) is 0 Å². The zero-order valence-electron chi connectivity index (χ0n) is 19.2. The monoisotopic (exact) mass is 541 g/mol. The number of aliphatic hydroxyl groups is 2. The van der Waals surface area contributed by atoms with Crippen molar-refractivity contribution < 1.29 is 24.4 Å². The first-order valence-corrected chi connectivity index (χ1v) is 12.5. The van der Waals surface area contributed by atoms with Crippen LogP contribution in [0.3, 0.4) is 0 Å². The van der Waals surface area contributed by atoms with Gasteiger partial charge in [0.05, 0.1) is 23.6 Å². The number of hydrogen-bond donors (Lipinski definition) is 2. The van der Waals surface area contributed by atoms with Gasteiger partial charge >= 0.3 is 0 Å². The van der Waals surface area contributed by atoms with Crippen LogP contribution < -0.4 is 9.47 Å². The summed E-state index contributed by atoms with van der Waals surface area (Å²) in [7, 11) is 0. The van der Waals surface area contributed by atoms with Crippen molar-refractivity contribution in [1.29, 1.82) is 0 Å². The van der Waals surface area contributed by atoms with E-state index in [1.54, 1.807) is 0 Å². The molecule has 1 aliphatic rings. The quantitative estimate of drug-likeness (QED) is 0.421. The smallest absolute Gasteiger partial charge is 0.133 e. The Morgan fingerprint density at radius 2 is 1.64 bits per heavy atom. The molecule has 33 heavy (non-hydrogen) atoms. The summed E-state index contributed by atoms with van der Waals surface area (Å²) in [6.45, 7) is 8.44. The molecule has 0 bridgehead atoms. The number of hydrogen-bond acceptors (Lipinski definition) is 6. The van der Waals surface area contributed by atoms with Crippen LogP contribution >= 0.6 is 27.5 Å². The lowest BCUT2D eigenvalue weighted by Crippen LogP contribution is -2.42. The van der Waals surface area contributed by atoms with E-state index >= 15 is 0 Å². The van der Waals surface area contributed by atoms with Crippen molar-refractivity contribution in [2.45, 2.75) is 31.5 Å². The van der Waals surface area contributed by atoms with Crippen LogP contribution in [0.5, 0.6) is 11.5 Å². The molecule has 2 aromatic carbocycles. The Kier molecular flexibility index (Phi) is 9.85. The molecule has 0 aliphatic carbocycles. The highest BCUT2D eigenvalue weighted by molar-refractivity contribution is 9.10. The minimum absolute atomic E-state index is 0.134. The summed E-state index contributed by atoms with van der Waals surface area (Å²) in [4.78, 5) is 2.19. The first-order valence-electron chi connectivity index (χ1n) is 11.2. The van der Waals surface area contributed by atoms with Crippen molar-refractivity contribution in [1.82, 2.24) is 4.90 Å². The Hall–Kier alpha value is -1.35. The lowest BCUT2D eigenvalue weighted by atomic mass is 9.78. The molecular weight excluding hydrogens is 510 g/mol. The van der Waals surface area contributed by atoms with Gasteiger partial charge in [-0.2, -0.15) is 0 Å². The van der Waals surface area contributed by atoms with Crippen LogP contribution in [0.15, 0.2) is 46.9 Å². The predicted molar refractivity (Wildman–Crippen MR) is 134 cm³/mol. The van der Waals surface area contributed by atoms with Gasteiger partial charge in [-0.05, 0) is 51.3 Å². The Morgan fingerprint density at radius 3 is 2.27 bits per heavy atom. The number of alkyl halides is 1. The maximum absolute atomic E-state index is 10.3. The van der Waals surface area contributed by atoms with E-state index in [0.29, 0.717) is 25.5 Å². The second-order valence-corrected chi connectivity index (χ2v) is 9.95. The SMILES string of the molecule is CC(C)(c1ccc(OC[C@@H](O)CN2CCOCC2)cc1)c1ccc(OC[C@H](O)CCl)c(Br)c1. The molecule has 182 valence electrons. The van der Waals surface area contributed by atoms with E-state index in [9.17, 15) is 10.2 Å². The number of halogens is 2. The number of aliphatic hydroxyl groups excluding tert-OH is 2. The summed E-state index contributed by atoms with van der Waals surface area (Å²) in [6, 6.07) is 14.0. The molecule has 0 radical (unpaired) electrons. The van der Waals surface area contributed by atoms with Gasteiger partial charge in [-0.1, -0.05) is 32.0 Å². The third-order valence-corrected chi connectivity index (χ3v) is 6.83. The molecule has 6 nitrogen and oxygen atoms in total. The van der Waals surface area contributed by atoms with E-state index in [4.69, 9.17) is 25.8 Å². The van der Waals surface area contributed by atoms with Gasteiger partial charge in [0.1, 0.15) is 36.9 Å². The average Bonchev–Trinajstić information content (AvgIpc) is 2.82. The van der Waals surface area contributed by atoms with E-state index in [1.807, 2.05) is 30.3 Å². The second kappa shape index (κ2) is 12.4. The molecular formula is C25H33BrClNO5. The Morgan fingerprint density at radius 1 is 1.00 bits per heavy atom. The lowest BCUT2D eigenvalue weighted by Gasteiger charge is -2.28. The second-order valence-electron chi connectivity index (χ2n) is 8.79. The van der Waals surface area contributed by atoms with E-state index in [0.717, 1.165) is 34.4 Å². The zero-order valence-corrected chi connectivity index (χ0v) is 21.5. The topological polar surface area (TPSA) is 71.4 Å². The Bertz CT molecular complexity index is 874. The molecule has 8 heteroatoms. The van der Waals surface area contributed by atoms with Gasteiger partial charge in [-0.25, -0.2) is 0 Å². The van der Waals surface area contributed by atoms with Crippen LogP contribution in [0.2, 0.25) is 0 Å². The maximum atomic E-state index is 10.3. The van der Waals surface area contributed by atoms with Crippen LogP contribution in [0.1, 0.15) is 25.0 Å². The summed E-state index contributed by atoms with van der Waals surface area (Å²) >= 11 is 9.20. The molecule has 0 aromatic heterocycles. The van der Waals surface area contributed by atoms with Gasteiger partial charge in [0.25, 0.3) is 0 Å². The molecule has 0 spiro atoms. The number of rotatable bonds is 11. The van der Waals surface area contributed by atoms with Crippen molar-refractivity contribution >= 4 is 27.5 Å². The predicted octanol–water partition coefficient (Wildman–Crippen LogP) is 3.83. The third kappa shape index (κ3) is 7.57. The van der Waals surface area contributed by atoms with Crippen LogP contribution in [0, 0.1) is 0 Å². The largest absolute Gasteiger partial charge is 0.491 e. The fourth-order valence-electron chi connectivity index (χ4n) is 3.70. The molecule has 1 aliphatic heterocycles. The van der Waals surface area contributed by atoms with Crippen LogP contribution in [0.25, 0.3) is 0 Å². The van der Waals surface area contributed by atoms with Gasteiger partial charge in [0.2, 0.25) is 0 Å². The molecule has 0 amide bonds. The first kappa shape index (κ1) is 26.3. The highest BCUT2D eigenvalue weighted by atomic mass is 79.9. The summed E-state index contributed by atoms with van der Waals surface area (Å²) in [5.41, 5.74) is 2.02.